The van der Waals surface area contributed by atoms with Gasteiger partial charge in [-0.25, -0.2) is 0 Å². The van der Waals surface area contributed by atoms with Gasteiger partial charge in [-0.15, -0.1) is 0 Å². The third-order valence-corrected chi connectivity index (χ3v) is 2.53. The van der Waals surface area contributed by atoms with Crippen molar-refractivity contribution in [3.8, 4) is 0 Å². The molecule has 0 amide bonds. The number of unbranched alkanes of at least 4 members (excludes halogenated alkanes) is 1. The van der Waals surface area contributed by atoms with Crippen molar-refractivity contribution in [3.05, 3.63) is 29.6 Å². The van der Waals surface area contributed by atoms with Gasteiger partial charge in [0.05, 0.1) is 0 Å². The van der Waals surface area contributed by atoms with Crippen molar-refractivity contribution >= 4 is 17.3 Å². The van der Waals surface area contributed by atoms with E-state index in [4.69, 9.17) is 22.7 Å². The largest absolute Gasteiger partial charge is 0.480 e. The molecule has 0 unspecified atom stereocenters. The maximum Gasteiger partial charge on any atom is 0.210 e. The molecule has 0 saturated heterocycles. The summed E-state index contributed by atoms with van der Waals surface area (Å²) in [7, 11) is 0. The maximum absolute atomic E-state index is 5.33. The van der Waals surface area contributed by atoms with E-state index in [2.05, 4.69) is 18.0 Å². The third-order valence-electron chi connectivity index (χ3n) is 2.20. The van der Waals surface area contributed by atoms with Crippen LogP contribution in [-0.2, 0) is 11.2 Å². The molecule has 4 heteroatoms. The highest BCUT2D eigenvalue weighted by atomic mass is 32.1. The number of aryl methyl sites for hydroxylation is 1. The quantitative estimate of drug-likeness (QED) is 0.771. The van der Waals surface area contributed by atoms with Crippen LogP contribution >= 0.6 is 12.2 Å². The first kappa shape index (κ1) is 13.1. The second-order valence-corrected chi connectivity index (χ2v) is 3.95. The van der Waals surface area contributed by atoms with E-state index in [1.807, 2.05) is 12.3 Å². The summed E-state index contributed by atoms with van der Waals surface area (Å²) in [5, 5.41) is 0.424. The SMILES string of the molecule is CCCCc1ccc(C(=S)OCCN)nc1. The summed E-state index contributed by atoms with van der Waals surface area (Å²) in [4.78, 5) is 4.28. The number of pyridine rings is 1. The predicted molar refractivity (Wildman–Crippen MR) is 69.6 cm³/mol. The molecule has 1 aromatic heterocycles. The van der Waals surface area contributed by atoms with Crippen molar-refractivity contribution in [1.82, 2.24) is 4.98 Å². The lowest BCUT2D eigenvalue weighted by Gasteiger charge is -2.06. The van der Waals surface area contributed by atoms with Gasteiger partial charge >= 0.3 is 0 Å². The maximum atomic E-state index is 5.33. The van der Waals surface area contributed by atoms with Gasteiger partial charge in [-0.2, -0.15) is 0 Å². The lowest BCUT2D eigenvalue weighted by molar-refractivity contribution is 0.324. The summed E-state index contributed by atoms with van der Waals surface area (Å²) in [6.07, 6.45) is 5.32. The number of ether oxygens (including phenoxy) is 1. The summed E-state index contributed by atoms with van der Waals surface area (Å²) < 4.78 is 5.24. The smallest absolute Gasteiger partial charge is 0.210 e. The van der Waals surface area contributed by atoms with E-state index >= 15 is 0 Å². The molecule has 88 valence electrons. The fourth-order valence-corrected chi connectivity index (χ4v) is 1.50. The van der Waals surface area contributed by atoms with E-state index in [0.29, 0.717) is 23.9 Å². The van der Waals surface area contributed by atoms with Crippen molar-refractivity contribution in [2.24, 2.45) is 5.73 Å². The highest BCUT2D eigenvalue weighted by Gasteiger charge is 2.03. The number of nitrogens with zero attached hydrogens (tertiary/aromatic N) is 1. The van der Waals surface area contributed by atoms with Crippen LogP contribution in [0.25, 0.3) is 0 Å². The Morgan fingerprint density at radius 2 is 2.31 bits per heavy atom. The van der Waals surface area contributed by atoms with Gasteiger partial charge in [-0.05, 0) is 36.7 Å². The Balaban J connectivity index is 2.53. The molecular weight excluding hydrogens is 220 g/mol. The molecule has 0 saturated carbocycles. The van der Waals surface area contributed by atoms with Crippen molar-refractivity contribution in [1.29, 1.82) is 0 Å². The standard InChI is InChI=1S/C12H18N2OS/c1-2-3-4-10-5-6-11(14-9-10)12(16)15-8-7-13/h5-6,9H,2-4,7-8,13H2,1H3. The molecule has 2 N–H and O–H groups in total. The minimum Gasteiger partial charge on any atom is -0.480 e. The van der Waals surface area contributed by atoms with Gasteiger partial charge in [0.2, 0.25) is 5.05 Å². The van der Waals surface area contributed by atoms with Crippen LogP contribution in [0.1, 0.15) is 31.0 Å². The van der Waals surface area contributed by atoms with Crippen LogP contribution in [0.4, 0.5) is 0 Å². The van der Waals surface area contributed by atoms with Crippen molar-refractivity contribution in [2.75, 3.05) is 13.2 Å². The van der Waals surface area contributed by atoms with Crippen molar-refractivity contribution < 1.29 is 4.74 Å². The second kappa shape index (κ2) is 7.30. The topological polar surface area (TPSA) is 48.1 Å². The highest BCUT2D eigenvalue weighted by molar-refractivity contribution is 7.80. The molecule has 1 heterocycles. The first-order chi connectivity index (χ1) is 7.77. The monoisotopic (exact) mass is 238 g/mol. The first-order valence-electron chi connectivity index (χ1n) is 5.60. The van der Waals surface area contributed by atoms with E-state index in [1.165, 1.54) is 18.4 Å². The van der Waals surface area contributed by atoms with Crippen LogP contribution in [0.5, 0.6) is 0 Å². The zero-order valence-corrected chi connectivity index (χ0v) is 10.4. The first-order valence-corrected chi connectivity index (χ1v) is 6.01. The van der Waals surface area contributed by atoms with Crippen LogP contribution in [0.2, 0.25) is 0 Å². The summed E-state index contributed by atoms with van der Waals surface area (Å²) in [5.74, 6) is 0. The molecule has 0 aromatic carbocycles. The molecular formula is C12H18N2OS. The lowest BCUT2D eigenvalue weighted by Crippen LogP contribution is -2.13. The Bertz CT molecular complexity index is 324. The Morgan fingerprint density at radius 1 is 1.50 bits per heavy atom. The van der Waals surface area contributed by atoms with E-state index in [-0.39, 0.29) is 0 Å². The molecule has 1 aromatic rings. The van der Waals surface area contributed by atoms with Gasteiger partial charge in [0.15, 0.2) is 0 Å². The van der Waals surface area contributed by atoms with E-state index in [1.54, 1.807) is 0 Å². The molecule has 0 spiro atoms. The molecule has 0 fully saturated rings. The number of hydrogen-bond acceptors (Lipinski definition) is 4. The number of rotatable bonds is 6. The van der Waals surface area contributed by atoms with Gasteiger partial charge in [0.1, 0.15) is 12.3 Å². The van der Waals surface area contributed by atoms with Crippen LogP contribution in [0.15, 0.2) is 18.3 Å². The number of hydrogen-bond donors (Lipinski definition) is 1. The lowest BCUT2D eigenvalue weighted by atomic mass is 10.1. The van der Waals surface area contributed by atoms with Gasteiger partial charge in [-0.1, -0.05) is 19.4 Å². The average Bonchev–Trinajstić information content (AvgIpc) is 2.34. The van der Waals surface area contributed by atoms with Crippen LogP contribution in [-0.4, -0.2) is 23.2 Å². The highest BCUT2D eigenvalue weighted by Crippen LogP contribution is 2.06. The molecule has 0 bridgehead atoms. The second-order valence-electron chi connectivity index (χ2n) is 3.58. The zero-order valence-electron chi connectivity index (χ0n) is 9.61. The van der Waals surface area contributed by atoms with Gasteiger partial charge < -0.3 is 10.5 Å². The summed E-state index contributed by atoms with van der Waals surface area (Å²) in [6.45, 7) is 3.09. The fourth-order valence-electron chi connectivity index (χ4n) is 1.30. The minimum absolute atomic E-state index is 0.424. The Hall–Kier alpha value is -1.00. The molecule has 0 aliphatic heterocycles. The van der Waals surface area contributed by atoms with Crippen LogP contribution < -0.4 is 5.73 Å². The van der Waals surface area contributed by atoms with E-state index in [9.17, 15) is 0 Å². The number of nitrogens with two attached hydrogens (primary N) is 1. The average molecular weight is 238 g/mol. The van der Waals surface area contributed by atoms with Gasteiger partial charge in [-0.3, -0.25) is 4.98 Å². The molecule has 0 atom stereocenters. The molecule has 1 rings (SSSR count). The predicted octanol–water partition coefficient (Wildman–Crippen LogP) is 2.08. The molecule has 0 aliphatic rings. The van der Waals surface area contributed by atoms with Crippen molar-refractivity contribution in [2.45, 2.75) is 26.2 Å². The number of thiocarbonyl (C=S) groups is 1. The fraction of sp³-hybridized carbons (Fsp3) is 0.500. The summed E-state index contributed by atoms with van der Waals surface area (Å²) >= 11 is 5.08. The van der Waals surface area contributed by atoms with Crippen LogP contribution in [0, 0.1) is 0 Å². The van der Waals surface area contributed by atoms with Crippen LogP contribution in [0.3, 0.4) is 0 Å². The van der Waals surface area contributed by atoms with Crippen molar-refractivity contribution in [3.63, 3.8) is 0 Å². The molecule has 0 aliphatic carbocycles. The molecule has 16 heavy (non-hydrogen) atoms. The third kappa shape index (κ3) is 4.24. The Morgan fingerprint density at radius 3 is 2.88 bits per heavy atom. The van der Waals surface area contributed by atoms with E-state index in [0.717, 1.165) is 6.42 Å². The summed E-state index contributed by atoms with van der Waals surface area (Å²) in [6, 6.07) is 3.96. The number of aromatic nitrogens is 1. The van der Waals surface area contributed by atoms with E-state index < -0.39 is 0 Å². The Kier molecular flexibility index (Phi) is 5.96. The summed E-state index contributed by atoms with van der Waals surface area (Å²) in [5.41, 5.74) is 7.28. The zero-order chi connectivity index (χ0) is 11.8. The molecule has 3 nitrogen and oxygen atoms in total. The van der Waals surface area contributed by atoms with Gasteiger partial charge in [0.25, 0.3) is 0 Å². The normalized spacial score (nSPS) is 10.1. The minimum atomic E-state index is 0.424. The Labute approximate surface area is 102 Å². The van der Waals surface area contributed by atoms with Gasteiger partial charge in [0, 0.05) is 12.7 Å². The molecule has 0 radical (unpaired) electrons.